The van der Waals surface area contributed by atoms with Crippen LogP contribution in [0.25, 0.3) is 0 Å². The van der Waals surface area contributed by atoms with Gasteiger partial charge in [-0.15, -0.1) is 0 Å². The number of carbonyl (C=O) groups is 3. The topological polar surface area (TPSA) is 96.2 Å². The van der Waals surface area contributed by atoms with Crippen LogP contribution in [0.4, 0.5) is 9.59 Å². The largest absolute Gasteiger partial charge is 0.444 e. The van der Waals surface area contributed by atoms with Crippen molar-refractivity contribution < 1.29 is 23.6 Å². The first kappa shape index (κ1) is 25.1. The summed E-state index contributed by atoms with van der Waals surface area (Å²) < 4.78 is 10.8. The molecule has 3 rings (SSSR count). The number of nitrogens with zero attached hydrogens (tertiary/aromatic N) is 4. The Kier molecular flexibility index (Phi) is 7.39. The van der Waals surface area contributed by atoms with Crippen LogP contribution in [0.1, 0.15) is 72.3 Å². The van der Waals surface area contributed by atoms with E-state index in [4.69, 9.17) is 9.26 Å². The molecule has 0 unspecified atom stereocenters. The molecule has 0 bridgehead atoms. The number of piperidine rings is 1. The van der Waals surface area contributed by atoms with Gasteiger partial charge in [-0.25, -0.2) is 9.59 Å². The van der Waals surface area contributed by atoms with Crippen molar-refractivity contribution in [3.05, 3.63) is 17.5 Å². The minimum absolute atomic E-state index is 0.01000. The van der Waals surface area contributed by atoms with Crippen molar-refractivity contribution in [3.8, 4) is 0 Å². The SMILES string of the molecule is CC(C)(C)OC(=O)N1CCN(C(=O)N2CCCC[C@H]2C(=O)Cc2cc(C(C)(C)C)on2)CC1. The molecule has 0 aromatic carbocycles. The lowest BCUT2D eigenvalue weighted by Gasteiger charge is -2.41. The molecule has 0 N–H and O–H groups in total. The van der Waals surface area contributed by atoms with Crippen molar-refractivity contribution in [2.75, 3.05) is 32.7 Å². The maximum absolute atomic E-state index is 13.3. The van der Waals surface area contributed by atoms with Gasteiger partial charge in [0.25, 0.3) is 0 Å². The quantitative estimate of drug-likeness (QED) is 0.681. The van der Waals surface area contributed by atoms with Gasteiger partial charge in [-0.3, -0.25) is 4.79 Å². The van der Waals surface area contributed by atoms with Crippen LogP contribution in [-0.4, -0.2) is 82.1 Å². The molecular formula is C24H38N4O5. The van der Waals surface area contributed by atoms with E-state index < -0.39 is 11.6 Å². The van der Waals surface area contributed by atoms with Crippen LogP contribution in [0.3, 0.4) is 0 Å². The molecule has 0 radical (unpaired) electrons. The number of carbonyl (C=O) groups excluding carboxylic acids is 3. The van der Waals surface area contributed by atoms with Crippen LogP contribution in [0.2, 0.25) is 0 Å². The van der Waals surface area contributed by atoms with E-state index in [9.17, 15) is 14.4 Å². The Labute approximate surface area is 196 Å². The van der Waals surface area contributed by atoms with E-state index in [1.807, 2.05) is 47.6 Å². The van der Waals surface area contributed by atoms with Crippen molar-refractivity contribution in [1.82, 2.24) is 19.9 Å². The molecule has 2 aliphatic heterocycles. The van der Waals surface area contributed by atoms with Crippen LogP contribution >= 0.6 is 0 Å². The number of urea groups is 1. The Morgan fingerprint density at radius 3 is 2.21 bits per heavy atom. The molecule has 0 saturated carbocycles. The number of hydrogen-bond donors (Lipinski definition) is 0. The van der Waals surface area contributed by atoms with Gasteiger partial charge in [0.15, 0.2) is 5.78 Å². The summed E-state index contributed by atoms with van der Waals surface area (Å²) in [6.07, 6.45) is 2.25. The number of ketones is 1. The normalized spacial score (nSPS) is 20.1. The van der Waals surface area contributed by atoms with Crippen molar-refractivity contribution in [1.29, 1.82) is 0 Å². The van der Waals surface area contributed by atoms with Crippen molar-refractivity contribution in [3.63, 3.8) is 0 Å². The number of aromatic nitrogens is 1. The lowest BCUT2D eigenvalue weighted by molar-refractivity contribution is -0.124. The van der Waals surface area contributed by atoms with Crippen LogP contribution in [-0.2, 0) is 21.4 Å². The van der Waals surface area contributed by atoms with Gasteiger partial charge in [0, 0.05) is 44.2 Å². The molecule has 3 heterocycles. The number of piperazine rings is 1. The summed E-state index contributed by atoms with van der Waals surface area (Å²) in [6.45, 7) is 13.8. The summed E-state index contributed by atoms with van der Waals surface area (Å²) >= 11 is 0. The Bertz CT molecular complexity index is 859. The molecule has 2 saturated heterocycles. The monoisotopic (exact) mass is 462 g/mol. The lowest BCUT2D eigenvalue weighted by atomic mass is 9.92. The van der Waals surface area contributed by atoms with Crippen LogP contribution in [0, 0.1) is 0 Å². The molecule has 0 aliphatic carbocycles. The lowest BCUT2D eigenvalue weighted by Crippen LogP contribution is -2.58. The van der Waals surface area contributed by atoms with Gasteiger partial charge in [0.2, 0.25) is 0 Å². The molecule has 3 amide bonds. The predicted octanol–water partition coefficient (Wildman–Crippen LogP) is 3.61. The summed E-state index contributed by atoms with van der Waals surface area (Å²) in [5.41, 5.74) is -0.125. The number of rotatable bonds is 3. The average Bonchev–Trinajstić information content (AvgIpc) is 3.21. The zero-order chi connectivity index (χ0) is 24.4. The van der Waals surface area contributed by atoms with E-state index in [1.54, 1.807) is 14.7 Å². The van der Waals surface area contributed by atoms with E-state index in [0.717, 1.165) is 18.6 Å². The molecule has 1 aromatic rings. The average molecular weight is 463 g/mol. The molecule has 2 aliphatic rings. The third kappa shape index (κ3) is 6.48. The fourth-order valence-electron chi connectivity index (χ4n) is 4.13. The second-order valence-electron chi connectivity index (χ2n) is 11.0. The number of amides is 3. The second-order valence-corrected chi connectivity index (χ2v) is 11.0. The summed E-state index contributed by atoms with van der Waals surface area (Å²) in [5.74, 6) is 0.730. The molecule has 0 spiro atoms. The van der Waals surface area contributed by atoms with Gasteiger partial charge in [-0.05, 0) is 40.0 Å². The van der Waals surface area contributed by atoms with E-state index in [1.165, 1.54) is 0 Å². The first-order chi connectivity index (χ1) is 15.3. The van der Waals surface area contributed by atoms with Crippen LogP contribution < -0.4 is 0 Å². The highest BCUT2D eigenvalue weighted by Gasteiger charge is 2.36. The Morgan fingerprint density at radius 2 is 1.64 bits per heavy atom. The summed E-state index contributed by atoms with van der Waals surface area (Å²) in [6, 6.07) is 1.25. The standard InChI is InChI=1S/C24H38N4O5/c1-23(2,3)20-16-17(25-33-20)15-19(29)18-9-7-8-10-28(18)21(30)26-11-13-27(14-12-26)22(31)32-24(4,5)6/h16,18H,7-15H2,1-6H3/t18-/m0/s1. The fraction of sp³-hybridized carbons (Fsp3) is 0.750. The zero-order valence-electron chi connectivity index (χ0n) is 20.8. The maximum atomic E-state index is 13.3. The highest BCUT2D eigenvalue weighted by Crippen LogP contribution is 2.25. The minimum Gasteiger partial charge on any atom is -0.444 e. The van der Waals surface area contributed by atoms with E-state index in [0.29, 0.717) is 44.8 Å². The fourth-order valence-corrected chi connectivity index (χ4v) is 4.13. The van der Waals surface area contributed by atoms with Gasteiger partial charge in [-0.1, -0.05) is 25.9 Å². The van der Waals surface area contributed by atoms with Gasteiger partial charge in [0.05, 0.1) is 18.2 Å². The first-order valence-electron chi connectivity index (χ1n) is 11.9. The smallest absolute Gasteiger partial charge is 0.410 e. The molecule has 1 aromatic heterocycles. The number of hydrogen-bond acceptors (Lipinski definition) is 6. The first-order valence-corrected chi connectivity index (χ1v) is 11.9. The molecule has 1 atom stereocenters. The number of likely N-dealkylation sites (tertiary alicyclic amines) is 1. The van der Waals surface area contributed by atoms with Gasteiger partial charge < -0.3 is 24.0 Å². The van der Waals surface area contributed by atoms with Gasteiger partial charge in [-0.2, -0.15) is 0 Å². The third-order valence-corrected chi connectivity index (χ3v) is 5.98. The maximum Gasteiger partial charge on any atom is 0.410 e. The molecule has 33 heavy (non-hydrogen) atoms. The van der Waals surface area contributed by atoms with Crippen molar-refractivity contribution >= 4 is 17.9 Å². The highest BCUT2D eigenvalue weighted by molar-refractivity contribution is 5.90. The Hall–Kier alpha value is -2.58. The third-order valence-electron chi connectivity index (χ3n) is 5.98. The van der Waals surface area contributed by atoms with Crippen molar-refractivity contribution in [2.45, 2.75) is 84.3 Å². The molecular weight excluding hydrogens is 424 g/mol. The Balaban J connectivity index is 1.59. The highest BCUT2D eigenvalue weighted by atomic mass is 16.6. The van der Waals surface area contributed by atoms with Crippen LogP contribution in [0.5, 0.6) is 0 Å². The number of Topliss-reactive ketones (excluding diaryl/α,β-unsaturated/α-hetero) is 1. The molecule has 9 nitrogen and oxygen atoms in total. The number of ether oxygens (including phenoxy) is 1. The zero-order valence-corrected chi connectivity index (χ0v) is 20.8. The van der Waals surface area contributed by atoms with E-state index >= 15 is 0 Å². The second kappa shape index (κ2) is 9.73. The minimum atomic E-state index is -0.553. The summed E-state index contributed by atoms with van der Waals surface area (Å²) in [7, 11) is 0. The predicted molar refractivity (Wildman–Crippen MR) is 123 cm³/mol. The van der Waals surface area contributed by atoms with E-state index in [2.05, 4.69) is 5.16 Å². The summed E-state index contributed by atoms with van der Waals surface area (Å²) in [5, 5.41) is 4.07. The Morgan fingerprint density at radius 1 is 1.00 bits per heavy atom. The van der Waals surface area contributed by atoms with Crippen molar-refractivity contribution in [2.24, 2.45) is 0 Å². The molecule has 2 fully saturated rings. The van der Waals surface area contributed by atoms with Gasteiger partial charge in [0.1, 0.15) is 11.4 Å². The summed E-state index contributed by atoms with van der Waals surface area (Å²) in [4.78, 5) is 43.8. The molecule has 184 valence electrons. The van der Waals surface area contributed by atoms with E-state index in [-0.39, 0.29) is 29.7 Å². The van der Waals surface area contributed by atoms with Gasteiger partial charge >= 0.3 is 12.1 Å². The van der Waals surface area contributed by atoms with Crippen LogP contribution in [0.15, 0.2) is 10.6 Å². The molecule has 9 heteroatoms.